The molecule has 0 fully saturated rings. The minimum Gasteiger partial charge on any atom is -0.326 e. The Morgan fingerprint density at radius 3 is 2.41 bits per heavy atom. The number of carbonyl (C=O) groups excluding carboxylic acids is 2. The molecule has 0 saturated carbocycles. The van der Waals surface area contributed by atoms with E-state index in [0.717, 1.165) is 6.07 Å². The van der Waals surface area contributed by atoms with Crippen LogP contribution in [0.25, 0.3) is 11.1 Å². The Bertz CT molecular complexity index is 1050. The summed E-state index contributed by atoms with van der Waals surface area (Å²) < 4.78 is 39.0. The summed E-state index contributed by atoms with van der Waals surface area (Å²) in [5, 5.41) is 2.35. The SMILES string of the molecule is Cc1ccc(NC(=O)CC(=O)c2cccc(-c3cncnc3)c2)cc1C(F)(F)F. The molecule has 1 heterocycles. The van der Waals surface area contributed by atoms with Gasteiger partial charge in [-0.2, -0.15) is 13.2 Å². The van der Waals surface area contributed by atoms with Crippen LogP contribution in [0.2, 0.25) is 0 Å². The predicted molar refractivity (Wildman–Crippen MR) is 101 cm³/mol. The van der Waals surface area contributed by atoms with Crippen LogP contribution >= 0.6 is 0 Å². The molecule has 0 bridgehead atoms. The van der Waals surface area contributed by atoms with Crippen molar-refractivity contribution in [2.24, 2.45) is 0 Å². The number of aryl methyl sites for hydroxylation is 1. The van der Waals surface area contributed by atoms with Crippen LogP contribution in [0, 0.1) is 6.92 Å². The van der Waals surface area contributed by atoms with E-state index >= 15 is 0 Å². The first-order chi connectivity index (χ1) is 13.7. The third kappa shape index (κ3) is 5.04. The molecule has 8 heteroatoms. The fourth-order valence-electron chi connectivity index (χ4n) is 2.78. The molecule has 3 aromatic rings. The molecule has 29 heavy (non-hydrogen) atoms. The quantitative estimate of drug-likeness (QED) is 0.499. The van der Waals surface area contributed by atoms with E-state index in [9.17, 15) is 22.8 Å². The Morgan fingerprint density at radius 1 is 1.00 bits per heavy atom. The number of carbonyl (C=O) groups is 2. The van der Waals surface area contributed by atoms with Crippen LogP contribution in [-0.2, 0) is 11.0 Å². The largest absolute Gasteiger partial charge is 0.416 e. The second kappa shape index (κ2) is 8.22. The van der Waals surface area contributed by atoms with Gasteiger partial charge in [0.25, 0.3) is 0 Å². The number of nitrogens with zero attached hydrogens (tertiary/aromatic N) is 2. The van der Waals surface area contributed by atoms with Gasteiger partial charge in [-0.3, -0.25) is 9.59 Å². The number of nitrogens with one attached hydrogen (secondary N) is 1. The van der Waals surface area contributed by atoms with Crippen molar-refractivity contribution in [1.29, 1.82) is 0 Å². The van der Waals surface area contributed by atoms with Crippen molar-refractivity contribution < 1.29 is 22.8 Å². The molecule has 1 amide bonds. The molecule has 0 aliphatic carbocycles. The predicted octanol–water partition coefficient (Wildman–Crippen LogP) is 4.68. The topological polar surface area (TPSA) is 72.0 Å². The van der Waals surface area contributed by atoms with E-state index in [4.69, 9.17) is 0 Å². The maximum absolute atomic E-state index is 13.0. The molecule has 1 N–H and O–H groups in total. The molecular weight excluding hydrogens is 383 g/mol. The molecule has 3 rings (SSSR count). The number of benzene rings is 2. The molecule has 0 atom stereocenters. The van der Waals surface area contributed by atoms with Gasteiger partial charge in [-0.05, 0) is 36.2 Å². The first-order valence-corrected chi connectivity index (χ1v) is 8.60. The third-order valence-electron chi connectivity index (χ3n) is 4.23. The van der Waals surface area contributed by atoms with Crippen molar-refractivity contribution in [2.75, 3.05) is 5.32 Å². The zero-order valence-corrected chi connectivity index (χ0v) is 15.3. The molecule has 0 spiro atoms. The van der Waals surface area contributed by atoms with Crippen LogP contribution in [0.15, 0.2) is 61.2 Å². The molecule has 1 aromatic heterocycles. The summed E-state index contributed by atoms with van der Waals surface area (Å²) >= 11 is 0. The van der Waals surface area contributed by atoms with E-state index in [2.05, 4.69) is 15.3 Å². The van der Waals surface area contributed by atoms with Gasteiger partial charge in [0.15, 0.2) is 5.78 Å². The van der Waals surface area contributed by atoms with Crippen LogP contribution in [0.1, 0.15) is 27.9 Å². The van der Waals surface area contributed by atoms with Crippen molar-refractivity contribution in [1.82, 2.24) is 9.97 Å². The minimum absolute atomic E-state index is 0.0177. The van der Waals surface area contributed by atoms with Crippen molar-refractivity contribution in [3.8, 4) is 11.1 Å². The average Bonchev–Trinajstić information content (AvgIpc) is 2.69. The summed E-state index contributed by atoms with van der Waals surface area (Å²) in [6.07, 6.45) is -0.442. The second-order valence-electron chi connectivity index (χ2n) is 6.38. The number of hydrogen-bond donors (Lipinski definition) is 1. The lowest BCUT2D eigenvalue weighted by Crippen LogP contribution is -2.17. The van der Waals surface area contributed by atoms with Crippen LogP contribution in [0.4, 0.5) is 18.9 Å². The van der Waals surface area contributed by atoms with E-state index in [1.807, 2.05) is 0 Å². The summed E-state index contributed by atoms with van der Waals surface area (Å²) in [6.45, 7) is 1.34. The molecule has 5 nitrogen and oxygen atoms in total. The fraction of sp³-hybridized carbons (Fsp3) is 0.143. The standard InChI is InChI=1S/C21H16F3N3O2/c1-13-5-6-17(8-18(13)21(22,23)24)27-20(29)9-19(28)15-4-2-3-14(7-15)16-10-25-12-26-11-16/h2-8,10-12H,9H2,1H3,(H,27,29). The molecule has 2 aromatic carbocycles. The molecular formula is C21H16F3N3O2. The molecule has 0 aliphatic rings. The molecule has 0 aliphatic heterocycles. The van der Waals surface area contributed by atoms with Gasteiger partial charge < -0.3 is 5.32 Å². The highest BCUT2D eigenvalue weighted by Crippen LogP contribution is 2.33. The minimum atomic E-state index is -4.53. The van der Waals surface area contributed by atoms with Gasteiger partial charge in [0, 0.05) is 29.2 Å². The number of halogens is 3. The summed E-state index contributed by atoms with van der Waals surface area (Å²) in [7, 11) is 0. The van der Waals surface area contributed by atoms with Gasteiger partial charge in [-0.1, -0.05) is 24.3 Å². The van der Waals surface area contributed by atoms with Crippen LogP contribution in [0.3, 0.4) is 0 Å². The maximum Gasteiger partial charge on any atom is 0.416 e. The first-order valence-electron chi connectivity index (χ1n) is 8.60. The van der Waals surface area contributed by atoms with E-state index in [1.54, 1.807) is 36.7 Å². The van der Waals surface area contributed by atoms with Crippen molar-refractivity contribution in [3.63, 3.8) is 0 Å². The van der Waals surface area contributed by atoms with Gasteiger partial charge >= 0.3 is 6.18 Å². The van der Waals surface area contributed by atoms with Crippen molar-refractivity contribution in [2.45, 2.75) is 19.5 Å². The number of anilines is 1. The monoisotopic (exact) mass is 399 g/mol. The van der Waals surface area contributed by atoms with Crippen LogP contribution in [0.5, 0.6) is 0 Å². The number of alkyl halides is 3. The highest BCUT2D eigenvalue weighted by Gasteiger charge is 2.32. The Balaban J connectivity index is 1.71. The maximum atomic E-state index is 13.0. The number of aromatic nitrogens is 2. The Hall–Kier alpha value is -3.55. The number of amides is 1. The Kier molecular flexibility index (Phi) is 5.72. The van der Waals surface area contributed by atoms with E-state index < -0.39 is 29.9 Å². The summed E-state index contributed by atoms with van der Waals surface area (Å²) in [6, 6.07) is 10.1. The average molecular weight is 399 g/mol. The third-order valence-corrected chi connectivity index (χ3v) is 4.23. The van der Waals surface area contributed by atoms with Gasteiger partial charge in [0.2, 0.25) is 5.91 Å². The second-order valence-corrected chi connectivity index (χ2v) is 6.38. The Morgan fingerprint density at radius 2 is 1.72 bits per heavy atom. The summed E-state index contributed by atoms with van der Waals surface area (Å²) in [4.78, 5) is 32.4. The lowest BCUT2D eigenvalue weighted by molar-refractivity contribution is -0.138. The molecule has 0 unspecified atom stereocenters. The van der Waals surface area contributed by atoms with Gasteiger partial charge in [0.1, 0.15) is 6.33 Å². The number of ketones is 1. The van der Waals surface area contributed by atoms with E-state index in [1.165, 1.54) is 25.4 Å². The molecule has 0 radical (unpaired) electrons. The Labute approximate surface area is 164 Å². The van der Waals surface area contributed by atoms with Gasteiger partial charge in [0.05, 0.1) is 12.0 Å². The van der Waals surface area contributed by atoms with Crippen LogP contribution < -0.4 is 5.32 Å². The number of Topliss-reactive ketones (excluding diaryl/α,β-unsaturated/α-hetero) is 1. The van der Waals surface area contributed by atoms with Crippen molar-refractivity contribution in [3.05, 3.63) is 77.9 Å². The number of hydrogen-bond acceptors (Lipinski definition) is 4. The van der Waals surface area contributed by atoms with E-state index in [0.29, 0.717) is 16.7 Å². The highest BCUT2D eigenvalue weighted by molar-refractivity contribution is 6.11. The van der Waals surface area contributed by atoms with Crippen molar-refractivity contribution >= 4 is 17.4 Å². The first kappa shape index (κ1) is 20.2. The van der Waals surface area contributed by atoms with Gasteiger partial charge in [-0.25, -0.2) is 9.97 Å². The lowest BCUT2D eigenvalue weighted by Gasteiger charge is -2.12. The zero-order valence-electron chi connectivity index (χ0n) is 15.3. The highest BCUT2D eigenvalue weighted by atomic mass is 19.4. The summed E-state index contributed by atoms with van der Waals surface area (Å²) in [5.41, 5.74) is 0.932. The molecule has 0 saturated heterocycles. The fourth-order valence-corrected chi connectivity index (χ4v) is 2.78. The number of rotatable bonds is 5. The summed E-state index contributed by atoms with van der Waals surface area (Å²) in [5.74, 6) is -1.15. The molecule has 148 valence electrons. The lowest BCUT2D eigenvalue weighted by atomic mass is 10.0. The van der Waals surface area contributed by atoms with Crippen LogP contribution in [-0.4, -0.2) is 21.7 Å². The van der Waals surface area contributed by atoms with Gasteiger partial charge in [-0.15, -0.1) is 0 Å². The normalized spacial score (nSPS) is 11.2. The van der Waals surface area contributed by atoms with E-state index in [-0.39, 0.29) is 11.3 Å². The smallest absolute Gasteiger partial charge is 0.326 e. The zero-order chi connectivity index (χ0) is 21.0.